The molecule has 0 radical (unpaired) electrons. The first kappa shape index (κ1) is 20.0. The number of aromatic hydroxyl groups is 1. The zero-order chi connectivity index (χ0) is 22.8. The van der Waals surface area contributed by atoms with Crippen molar-refractivity contribution in [2.75, 3.05) is 0 Å². The highest BCUT2D eigenvalue weighted by molar-refractivity contribution is 5.97. The monoisotopic (exact) mass is 433 g/mol. The number of pyridine rings is 2. The van der Waals surface area contributed by atoms with Crippen LogP contribution in [0.2, 0.25) is 0 Å². The minimum atomic E-state index is -1.89. The molecule has 4 N–H and O–H groups in total. The van der Waals surface area contributed by atoms with E-state index in [1.807, 2.05) is 0 Å². The maximum atomic E-state index is 13.2. The lowest BCUT2D eigenvalue weighted by molar-refractivity contribution is -0.172. The van der Waals surface area contributed by atoms with Crippen molar-refractivity contribution >= 4 is 28.9 Å². The van der Waals surface area contributed by atoms with Gasteiger partial charge in [-0.3, -0.25) is 9.59 Å². The Labute approximate surface area is 181 Å². The summed E-state index contributed by atoms with van der Waals surface area (Å²) in [4.78, 5) is 41.3. The Morgan fingerprint density at radius 1 is 1.34 bits per heavy atom. The van der Waals surface area contributed by atoms with Gasteiger partial charge in [-0.05, 0) is 36.8 Å². The van der Waals surface area contributed by atoms with E-state index in [1.54, 1.807) is 25.1 Å². The van der Waals surface area contributed by atoms with E-state index in [0.717, 1.165) is 11.6 Å². The number of cyclic esters (lactones) is 1. The van der Waals surface area contributed by atoms with Crippen molar-refractivity contribution in [3.05, 3.63) is 62.9 Å². The normalized spacial score (nSPS) is 19.0. The van der Waals surface area contributed by atoms with Gasteiger partial charge in [-0.1, -0.05) is 6.92 Å². The molecule has 0 unspecified atom stereocenters. The molecule has 1 atom stereocenters. The lowest BCUT2D eigenvalue weighted by Gasteiger charge is -2.31. The zero-order valence-electron chi connectivity index (χ0n) is 17.1. The summed E-state index contributed by atoms with van der Waals surface area (Å²) in [5.41, 5.74) is 6.13. The molecule has 4 heterocycles. The first-order valence-corrected chi connectivity index (χ1v) is 10.0. The third-order valence-corrected chi connectivity index (χ3v) is 6.12. The summed E-state index contributed by atoms with van der Waals surface area (Å²) in [5.74, 6) is -1.47. The second-order valence-corrected chi connectivity index (χ2v) is 7.90. The minimum absolute atomic E-state index is 0.0384. The van der Waals surface area contributed by atoms with Gasteiger partial charge in [0.15, 0.2) is 5.60 Å². The fourth-order valence-corrected chi connectivity index (χ4v) is 4.40. The van der Waals surface area contributed by atoms with Gasteiger partial charge in [0.25, 0.3) is 5.56 Å². The van der Waals surface area contributed by atoms with Crippen molar-refractivity contribution in [1.29, 1.82) is 0 Å². The molecule has 2 aliphatic rings. The van der Waals surface area contributed by atoms with E-state index in [0.29, 0.717) is 27.9 Å². The SMILES string of the molecule is CC[C@@]1(O)C(=O)OCc2c1cc1n(c2=O)Cc2cc3c(C=CC(N)=O)c(O)ccc3nc2-1. The van der Waals surface area contributed by atoms with Crippen LogP contribution in [0.25, 0.3) is 28.4 Å². The number of phenolic OH excluding ortho intramolecular Hbond substituents is 1. The maximum Gasteiger partial charge on any atom is 0.343 e. The van der Waals surface area contributed by atoms with Gasteiger partial charge in [0, 0.05) is 28.2 Å². The standard InChI is InChI=1S/C23H19N3O6/c1-2-23(31)15-8-17-20-11(9-26(17)21(29)14(15)10-32-22(23)30)7-13-12(3-6-19(24)28)18(27)5-4-16(13)25-20/h3-8,27,31H,2,9-10H2,1H3,(H2,24,28)/t23-/m0/s1. The van der Waals surface area contributed by atoms with Crippen LogP contribution in [-0.2, 0) is 33.1 Å². The smallest absolute Gasteiger partial charge is 0.343 e. The second-order valence-electron chi connectivity index (χ2n) is 7.90. The van der Waals surface area contributed by atoms with Gasteiger partial charge in [0.1, 0.15) is 12.4 Å². The number of amides is 1. The predicted octanol–water partition coefficient (Wildman–Crippen LogP) is 1.28. The van der Waals surface area contributed by atoms with E-state index in [1.165, 1.54) is 16.7 Å². The number of fused-ring (bicyclic) bond motifs is 5. The molecule has 32 heavy (non-hydrogen) atoms. The van der Waals surface area contributed by atoms with Gasteiger partial charge < -0.3 is 25.3 Å². The summed E-state index contributed by atoms with van der Waals surface area (Å²) in [6, 6.07) is 6.53. The van der Waals surface area contributed by atoms with Crippen molar-refractivity contribution < 1.29 is 24.5 Å². The number of esters is 1. The van der Waals surface area contributed by atoms with Crippen LogP contribution < -0.4 is 11.3 Å². The molecule has 0 saturated carbocycles. The van der Waals surface area contributed by atoms with Crippen LogP contribution in [0.4, 0.5) is 0 Å². The van der Waals surface area contributed by atoms with E-state index in [-0.39, 0.29) is 42.0 Å². The third-order valence-electron chi connectivity index (χ3n) is 6.12. The van der Waals surface area contributed by atoms with E-state index >= 15 is 0 Å². The van der Waals surface area contributed by atoms with Gasteiger partial charge in [0.05, 0.1) is 29.0 Å². The predicted molar refractivity (Wildman–Crippen MR) is 114 cm³/mol. The van der Waals surface area contributed by atoms with Crippen LogP contribution in [-0.4, -0.2) is 31.6 Å². The Balaban J connectivity index is 1.75. The summed E-state index contributed by atoms with van der Waals surface area (Å²) in [7, 11) is 0. The molecule has 5 rings (SSSR count). The van der Waals surface area contributed by atoms with Crippen molar-refractivity contribution in [2.45, 2.75) is 32.1 Å². The molecule has 162 valence electrons. The highest BCUT2D eigenvalue weighted by Crippen LogP contribution is 2.39. The van der Waals surface area contributed by atoms with E-state index in [9.17, 15) is 24.6 Å². The van der Waals surface area contributed by atoms with Crippen molar-refractivity contribution in [3.63, 3.8) is 0 Å². The van der Waals surface area contributed by atoms with Gasteiger partial charge in [-0.2, -0.15) is 0 Å². The molecular weight excluding hydrogens is 414 g/mol. The summed E-state index contributed by atoms with van der Waals surface area (Å²) in [6.45, 7) is 1.68. The number of hydrogen-bond acceptors (Lipinski definition) is 7. The summed E-state index contributed by atoms with van der Waals surface area (Å²) in [5, 5.41) is 21.8. The molecule has 9 heteroatoms. The van der Waals surface area contributed by atoms with Gasteiger partial charge in [-0.15, -0.1) is 0 Å². The number of phenols is 1. The molecule has 9 nitrogen and oxygen atoms in total. The van der Waals surface area contributed by atoms with Crippen LogP contribution >= 0.6 is 0 Å². The van der Waals surface area contributed by atoms with Crippen LogP contribution in [0.5, 0.6) is 5.75 Å². The van der Waals surface area contributed by atoms with Crippen molar-refractivity contribution in [2.24, 2.45) is 5.73 Å². The topological polar surface area (TPSA) is 145 Å². The Bertz CT molecular complexity index is 1440. The first-order chi connectivity index (χ1) is 15.2. The largest absolute Gasteiger partial charge is 0.507 e. The molecule has 0 fully saturated rings. The van der Waals surface area contributed by atoms with E-state index in [4.69, 9.17) is 10.5 Å². The summed E-state index contributed by atoms with van der Waals surface area (Å²) in [6.07, 6.45) is 2.64. The Morgan fingerprint density at radius 3 is 2.84 bits per heavy atom. The number of carbonyl (C=O) groups is 2. The lowest BCUT2D eigenvalue weighted by Crippen LogP contribution is -2.44. The molecule has 3 aromatic rings. The zero-order valence-corrected chi connectivity index (χ0v) is 17.1. The Kier molecular flexibility index (Phi) is 4.22. The number of carbonyl (C=O) groups excluding carboxylic acids is 2. The number of aromatic nitrogens is 2. The molecule has 0 bridgehead atoms. The molecule has 0 saturated heterocycles. The molecule has 1 amide bonds. The van der Waals surface area contributed by atoms with Gasteiger partial charge in [-0.25, -0.2) is 9.78 Å². The van der Waals surface area contributed by atoms with Crippen molar-refractivity contribution in [1.82, 2.24) is 9.55 Å². The fourth-order valence-electron chi connectivity index (χ4n) is 4.40. The second kappa shape index (κ2) is 6.76. The molecule has 0 aliphatic carbocycles. The quantitative estimate of drug-likeness (QED) is 0.326. The van der Waals surface area contributed by atoms with Crippen LogP contribution in [0.15, 0.2) is 35.1 Å². The average Bonchev–Trinajstić information content (AvgIpc) is 3.12. The molecule has 2 aliphatic heterocycles. The van der Waals surface area contributed by atoms with E-state index < -0.39 is 17.5 Å². The molecule has 1 aromatic carbocycles. The number of primary amides is 1. The molecule has 2 aromatic heterocycles. The van der Waals surface area contributed by atoms with Gasteiger partial charge >= 0.3 is 5.97 Å². The van der Waals surface area contributed by atoms with Crippen molar-refractivity contribution in [3.8, 4) is 17.1 Å². The fraction of sp³-hybridized carbons (Fsp3) is 0.217. The summed E-state index contributed by atoms with van der Waals surface area (Å²) >= 11 is 0. The molecule has 0 spiro atoms. The number of ether oxygens (including phenoxy) is 1. The number of benzene rings is 1. The average molecular weight is 433 g/mol. The number of nitrogens with two attached hydrogens (primary N) is 1. The Morgan fingerprint density at radius 2 is 2.12 bits per heavy atom. The Hall–Kier alpha value is -3.98. The number of hydrogen-bond donors (Lipinski definition) is 3. The van der Waals surface area contributed by atoms with Gasteiger partial charge in [0.2, 0.25) is 5.91 Å². The number of nitrogens with zero attached hydrogens (tertiary/aromatic N) is 2. The third kappa shape index (κ3) is 2.68. The number of rotatable bonds is 3. The molecular formula is C23H19N3O6. The van der Waals surface area contributed by atoms with Crippen LogP contribution in [0.1, 0.15) is 35.6 Å². The lowest BCUT2D eigenvalue weighted by atomic mass is 9.86. The summed E-state index contributed by atoms with van der Waals surface area (Å²) < 4.78 is 6.61. The minimum Gasteiger partial charge on any atom is -0.507 e. The number of aliphatic hydroxyl groups is 1. The first-order valence-electron chi connectivity index (χ1n) is 10.0. The highest BCUT2D eigenvalue weighted by Gasteiger charge is 2.45. The highest BCUT2D eigenvalue weighted by atomic mass is 16.6. The van der Waals surface area contributed by atoms with Crippen LogP contribution in [0.3, 0.4) is 0 Å². The van der Waals surface area contributed by atoms with E-state index in [2.05, 4.69) is 4.98 Å². The van der Waals surface area contributed by atoms with Crippen LogP contribution in [0, 0.1) is 0 Å². The maximum absolute atomic E-state index is 13.2.